The number of amides is 1. The summed E-state index contributed by atoms with van der Waals surface area (Å²) in [4.78, 5) is 13.4. The van der Waals surface area contributed by atoms with Crippen molar-refractivity contribution in [3.05, 3.63) is 58.1 Å². The van der Waals surface area contributed by atoms with Crippen molar-refractivity contribution >= 4 is 27.9 Å². The summed E-state index contributed by atoms with van der Waals surface area (Å²) >= 11 is 3.27. The van der Waals surface area contributed by atoms with Gasteiger partial charge in [-0.05, 0) is 24.3 Å². The normalized spacial score (nSPS) is 10.9. The van der Waals surface area contributed by atoms with E-state index in [9.17, 15) is 9.18 Å². The van der Waals surface area contributed by atoms with Crippen LogP contribution in [0.15, 0.2) is 41.1 Å². The molecule has 6 heteroatoms. The molecule has 0 bridgehead atoms. The Kier molecular flexibility index (Phi) is 4.68. The molecule has 104 valence electrons. The van der Waals surface area contributed by atoms with Crippen molar-refractivity contribution in [2.75, 3.05) is 7.05 Å². The van der Waals surface area contributed by atoms with Crippen molar-refractivity contribution in [1.82, 2.24) is 15.1 Å². The van der Waals surface area contributed by atoms with Gasteiger partial charge >= 0.3 is 0 Å². The first-order valence-corrected chi connectivity index (χ1v) is 6.71. The fraction of sp³-hybridized carbons (Fsp3) is 0.143. The van der Waals surface area contributed by atoms with Gasteiger partial charge in [-0.15, -0.1) is 0 Å². The Morgan fingerprint density at radius 2 is 2.35 bits per heavy atom. The summed E-state index contributed by atoms with van der Waals surface area (Å²) in [6.07, 6.45) is 6.20. The summed E-state index contributed by atoms with van der Waals surface area (Å²) < 4.78 is 14.3. The molecule has 0 saturated carbocycles. The topological polar surface area (TPSA) is 49.0 Å². The minimum atomic E-state index is -0.366. The van der Waals surface area contributed by atoms with Crippen molar-refractivity contribution in [1.29, 1.82) is 0 Å². The van der Waals surface area contributed by atoms with E-state index in [1.165, 1.54) is 23.1 Å². The lowest BCUT2D eigenvalue weighted by Gasteiger charge is -2.13. The molecule has 0 spiro atoms. The number of aromatic nitrogens is 2. The van der Waals surface area contributed by atoms with E-state index in [0.29, 0.717) is 12.1 Å². The molecule has 0 atom stereocenters. The molecule has 0 radical (unpaired) electrons. The highest BCUT2D eigenvalue weighted by atomic mass is 79.9. The van der Waals surface area contributed by atoms with Gasteiger partial charge in [0.15, 0.2) is 0 Å². The van der Waals surface area contributed by atoms with Gasteiger partial charge in [-0.25, -0.2) is 4.39 Å². The van der Waals surface area contributed by atoms with Gasteiger partial charge in [0.1, 0.15) is 5.82 Å². The maximum atomic E-state index is 13.5. The van der Waals surface area contributed by atoms with E-state index in [1.54, 1.807) is 31.6 Å². The molecule has 0 aliphatic carbocycles. The Hall–Kier alpha value is -1.95. The third-order valence-corrected chi connectivity index (χ3v) is 3.21. The van der Waals surface area contributed by atoms with E-state index in [4.69, 9.17) is 0 Å². The molecule has 20 heavy (non-hydrogen) atoms. The van der Waals surface area contributed by atoms with Crippen molar-refractivity contribution < 1.29 is 9.18 Å². The SMILES string of the molecule is CN(Cc1cn[nH]c1)C(=O)C=Cc1cc(Br)ccc1F. The third kappa shape index (κ3) is 3.77. The van der Waals surface area contributed by atoms with E-state index in [-0.39, 0.29) is 11.7 Å². The molecular weight excluding hydrogens is 325 g/mol. The van der Waals surface area contributed by atoms with Crippen molar-refractivity contribution in [2.24, 2.45) is 0 Å². The second kappa shape index (κ2) is 6.47. The molecule has 4 nitrogen and oxygen atoms in total. The van der Waals surface area contributed by atoms with E-state index < -0.39 is 0 Å². The lowest BCUT2D eigenvalue weighted by molar-refractivity contribution is -0.125. The number of carbonyl (C=O) groups excluding carboxylic acids is 1. The lowest BCUT2D eigenvalue weighted by atomic mass is 10.2. The van der Waals surface area contributed by atoms with Gasteiger partial charge in [0, 0.05) is 41.5 Å². The molecule has 1 aromatic carbocycles. The molecule has 0 unspecified atom stereocenters. The van der Waals surface area contributed by atoms with Gasteiger partial charge in [0.05, 0.1) is 6.20 Å². The van der Waals surface area contributed by atoms with E-state index in [1.807, 2.05) is 0 Å². The maximum absolute atomic E-state index is 13.5. The average Bonchev–Trinajstić information content (AvgIpc) is 2.92. The van der Waals surface area contributed by atoms with E-state index in [0.717, 1.165) is 10.0 Å². The Morgan fingerprint density at radius 3 is 3.05 bits per heavy atom. The second-order valence-corrected chi connectivity index (χ2v) is 5.22. The lowest BCUT2D eigenvalue weighted by Crippen LogP contribution is -2.23. The largest absolute Gasteiger partial charge is 0.338 e. The van der Waals surface area contributed by atoms with E-state index >= 15 is 0 Å². The number of hydrogen-bond donors (Lipinski definition) is 1. The maximum Gasteiger partial charge on any atom is 0.246 e. The first-order valence-electron chi connectivity index (χ1n) is 5.92. The molecule has 0 fully saturated rings. The number of likely N-dealkylation sites (N-methyl/N-ethyl adjacent to an activating group) is 1. The molecule has 1 amide bonds. The van der Waals surface area contributed by atoms with Crippen LogP contribution >= 0.6 is 15.9 Å². The van der Waals surface area contributed by atoms with Crippen LogP contribution in [-0.2, 0) is 11.3 Å². The number of nitrogens with one attached hydrogen (secondary N) is 1. The van der Waals surface area contributed by atoms with E-state index in [2.05, 4.69) is 26.1 Å². The van der Waals surface area contributed by atoms with Crippen molar-refractivity contribution in [3.8, 4) is 0 Å². The standard InChI is InChI=1S/C14H13BrFN3O/c1-19(9-10-7-17-18-8-10)14(20)5-2-11-6-12(15)3-4-13(11)16/h2-8H,9H2,1H3,(H,17,18). The number of benzene rings is 1. The van der Waals surface area contributed by atoms with Crippen LogP contribution in [0.4, 0.5) is 4.39 Å². The van der Waals surface area contributed by atoms with Gasteiger partial charge in [-0.3, -0.25) is 9.89 Å². The summed E-state index contributed by atoms with van der Waals surface area (Å²) in [5, 5.41) is 6.50. The molecule has 1 N–H and O–H groups in total. The quantitative estimate of drug-likeness (QED) is 0.872. The smallest absolute Gasteiger partial charge is 0.246 e. The molecule has 1 aromatic heterocycles. The third-order valence-electron chi connectivity index (χ3n) is 2.71. The number of aromatic amines is 1. The highest BCUT2D eigenvalue weighted by molar-refractivity contribution is 9.10. The summed E-state index contributed by atoms with van der Waals surface area (Å²) in [5.41, 5.74) is 1.27. The molecule has 1 heterocycles. The molecule has 2 aromatic rings. The van der Waals surface area contributed by atoms with Gasteiger partial charge in [0.25, 0.3) is 0 Å². The van der Waals surface area contributed by atoms with Gasteiger partial charge in [-0.1, -0.05) is 15.9 Å². The Labute approximate surface area is 124 Å². The first-order chi connectivity index (χ1) is 9.56. The number of rotatable bonds is 4. The number of halogens is 2. The Balaban J connectivity index is 2.03. The van der Waals surface area contributed by atoms with Crippen LogP contribution in [-0.4, -0.2) is 28.1 Å². The van der Waals surface area contributed by atoms with Gasteiger partial charge < -0.3 is 4.90 Å². The number of hydrogen-bond acceptors (Lipinski definition) is 2. The van der Waals surface area contributed by atoms with Crippen LogP contribution in [0.25, 0.3) is 6.08 Å². The van der Waals surface area contributed by atoms with Crippen molar-refractivity contribution in [2.45, 2.75) is 6.54 Å². The highest BCUT2D eigenvalue weighted by Crippen LogP contribution is 2.16. The highest BCUT2D eigenvalue weighted by Gasteiger charge is 2.07. The van der Waals surface area contributed by atoms with Crippen LogP contribution in [0.5, 0.6) is 0 Å². The first kappa shape index (κ1) is 14.5. The fourth-order valence-electron chi connectivity index (χ4n) is 1.65. The zero-order chi connectivity index (χ0) is 14.5. The molecule has 2 rings (SSSR count). The van der Waals surface area contributed by atoms with Crippen LogP contribution in [0, 0.1) is 5.82 Å². The molecular formula is C14H13BrFN3O. The summed E-state index contributed by atoms with van der Waals surface area (Å²) in [5.74, 6) is -0.569. The monoisotopic (exact) mass is 337 g/mol. The fourth-order valence-corrected chi connectivity index (χ4v) is 2.03. The molecule has 0 aliphatic heterocycles. The molecule has 0 aliphatic rings. The average molecular weight is 338 g/mol. The summed E-state index contributed by atoms with van der Waals surface area (Å²) in [6.45, 7) is 0.445. The zero-order valence-corrected chi connectivity index (χ0v) is 12.4. The van der Waals surface area contributed by atoms with Crippen LogP contribution < -0.4 is 0 Å². The second-order valence-electron chi connectivity index (χ2n) is 4.30. The minimum Gasteiger partial charge on any atom is -0.338 e. The minimum absolute atomic E-state index is 0.203. The predicted molar refractivity (Wildman–Crippen MR) is 78.2 cm³/mol. The predicted octanol–water partition coefficient (Wildman–Crippen LogP) is 2.98. The number of nitrogens with zero attached hydrogens (tertiary/aromatic N) is 2. The summed E-state index contributed by atoms with van der Waals surface area (Å²) in [6, 6.07) is 4.58. The summed E-state index contributed by atoms with van der Waals surface area (Å²) in [7, 11) is 1.68. The number of carbonyl (C=O) groups is 1. The van der Waals surface area contributed by atoms with Crippen LogP contribution in [0.2, 0.25) is 0 Å². The van der Waals surface area contributed by atoms with Crippen LogP contribution in [0.3, 0.4) is 0 Å². The van der Waals surface area contributed by atoms with Gasteiger partial charge in [0.2, 0.25) is 5.91 Å². The van der Waals surface area contributed by atoms with Crippen molar-refractivity contribution in [3.63, 3.8) is 0 Å². The Morgan fingerprint density at radius 1 is 1.55 bits per heavy atom. The molecule has 0 saturated heterocycles. The number of H-pyrrole nitrogens is 1. The zero-order valence-electron chi connectivity index (χ0n) is 10.8. The van der Waals surface area contributed by atoms with Crippen LogP contribution in [0.1, 0.15) is 11.1 Å². The van der Waals surface area contributed by atoms with Gasteiger partial charge in [-0.2, -0.15) is 5.10 Å². The Bertz CT molecular complexity index is 625.